The Labute approximate surface area is 212 Å². The van der Waals surface area contributed by atoms with E-state index >= 15 is 0 Å². The van der Waals surface area contributed by atoms with Gasteiger partial charge in [-0.3, -0.25) is 0 Å². The molecule has 35 heavy (non-hydrogen) atoms. The first-order chi connectivity index (χ1) is 17.1. The van der Waals surface area contributed by atoms with E-state index in [2.05, 4.69) is 13.8 Å². The molecule has 0 amide bonds. The summed E-state index contributed by atoms with van der Waals surface area (Å²) in [6, 6.07) is 26.9. The minimum atomic E-state index is -4.16. The van der Waals surface area contributed by atoms with Gasteiger partial charge < -0.3 is 0 Å². The quantitative estimate of drug-likeness (QED) is 0.180. The van der Waals surface area contributed by atoms with Gasteiger partial charge >= 0.3 is 213 Å². The van der Waals surface area contributed by atoms with E-state index in [4.69, 9.17) is 6.15 Å². The Kier molecular flexibility index (Phi) is 8.45. The molecule has 0 radical (unpaired) electrons. The average Bonchev–Trinajstić information content (AvgIpc) is 2.90. The molecule has 5 heteroatoms. The SMILES string of the molecule is CCC[CH2][Sn]([CH2]CCC)([O]C(=O)c1cccc2ccccc12)[O]C(=O)c1cccc2ccccc12. The summed E-state index contributed by atoms with van der Waals surface area (Å²) in [7, 11) is 0. The van der Waals surface area contributed by atoms with Crippen LogP contribution in [0.1, 0.15) is 60.2 Å². The van der Waals surface area contributed by atoms with E-state index in [1.54, 1.807) is 12.1 Å². The van der Waals surface area contributed by atoms with Crippen LogP contribution in [0, 0.1) is 0 Å². The van der Waals surface area contributed by atoms with Crippen molar-refractivity contribution < 1.29 is 15.7 Å². The van der Waals surface area contributed by atoms with Crippen molar-refractivity contribution in [1.82, 2.24) is 0 Å². The molecule has 0 aliphatic carbocycles. The monoisotopic (exact) mass is 576 g/mol. The molecule has 4 rings (SSSR count). The summed E-state index contributed by atoms with van der Waals surface area (Å²) in [5.41, 5.74) is 1.05. The van der Waals surface area contributed by atoms with Gasteiger partial charge in [-0.2, -0.15) is 0 Å². The summed E-state index contributed by atoms with van der Waals surface area (Å²) in [5, 5.41) is 3.67. The predicted molar refractivity (Wildman–Crippen MR) is 144 cm³/mol. The Bertz CT molecular complexity index is 1220. The number of fused-ring (bicyclic) bond motifs is 2. The third kappa shape index (κ3) is 5.87. The van der Waals surface area contributed by atoms with E-state index < -0.39 is 19.2 Å². The van der Waals surface area contributed by atoms with Crippen molar-refractivity contribution in [2.24, 2.45) is 0 Å². The molecule has 4 nitrogen and oxygen atoms in total. The second-order valence-electron chi connectivity index (χ2n) is 8.95. The molecule has 0 aliphatic heterocycles. The van der Waals surface area contributed by atoms with Gasteiger partial charge in [0.2, 0.25) is 0 Å². The van der Waals surface area contributed by atoms with E-state index in [-0.39, 0.29) is 11.9 Å². The summed E-state index contributed by atoms with van der Waals surface area (Å²) in [6.45, 7) is 4.21. The van der Waals surface area contributed by atoms with Crippen LogP contribution in [0.5, 0.6) is 0 Å². The molecule has 4 aromatic rings. The van der Waals surface area contributed by atoms with Crippen LogP contribution in [0.25, 0.3) is 21.5 Å². The number of unbranched alkanes of at least 4 members (excludes halogenated alkanes) is 2. The molecule has 0 unspecified atom stereocenters. The first kappa shape index (κ1) is 25.2. The molecule has 0 N–H and O–H groups in total. The van der Waals surface area contributed by atoms with Crippen LogP contribution < -0.4 is 0 Å². The Balaban J connectivity index is 1.70. The summed E-state index contributed by atoms with van der Waals surface area (Å²) in [4.78, 5) is 27.1. The molecule has 0 fully saturated rings. The fourth-order valence-corrected chi connectivity index (χ4v) is 14.1. The molecule has 0 saturated carbocycles. The van der Waals surface area contributed by atoms with Gasteiger partial charge in [0.05, 0.1) is 0 Å². The second-order valence-corrected chi connectivity index (χ2v) is 18.2. The fourth-order valence-electron chi connectivity index (χ4n) is 4.50. The molecular formula is C30H32O4Sn. The van der Waals surface area contributed by atoms with Gasteiger partial charge in [-0.1, -0.05) is 0 Å². The second kappa shape index (κ2) is 11.7. The summed E-state index contributed by atoms with van der Waals surface area (Å²) in [6.07, 6.45) is 3.63. The number of carbonyl (C=O) groups excluding carboxylic acids is 2. The number of benzene rings is 4. The van der Waals surface area contributed by atoms with Crippen molar-refractivity contribution in [3.05, 3.63) is 96.1 Å². The molecule has 0 bridgehead atoms. The fraction of sp³-hybridized carbons (Fsp3) is 0.267. The van der Waals surface area contributed by atoms with Crippen LogP contribution in [0.15, 0.2) is 84.9 Å². The van der Waals surface area contributed by atoms with Gasteiger partial charge in [0.25, 0.3) is 0 Å². The zero-order valence-electron chi connectivity index (χ0n) is 20.5. The summed E-state index contributed by atoms with van der Waals surface area (Å²) in [5.74, 6) is -0.758. The predicted octanol–water partition coefficient (Wildman–Crippen LogP) is 8.05. The van der Waals surface area contributed by atoms with Gasteiger partial charge in [0.15, 0.2) is 0 Å². The van der Waals surface area contributed by atoms with E-state index in [1.165, 1.54) is 0 Å². The van der Waals surface area contributed by atoms with Crippen LogP contribution in [-0.2, 0) is 6.15 Å². The summed E-state index contributed by atoms with van der Waals surface area (Å²) < 4.78 is 14.1. The van der Waals surface area contributed by atoms with Crippen LogP contribution >= 0.6 is 0 Å². The molecule has 0 atom stereocenters. The van der Waals surface area contributed by atoms with Gasteiger partial charge in [-0.25, -0.2) is 0 Å². The van der Waals surface area contributed by atoms with E-state index in [0.717, 1.165) is 47.2 Å². The van der Waals surface area contributed by atoms with E-state index in [1.807, 2.05) is 72.8 Å². The van der Waals surface area contributed by atoms with Gasteiger partial charge in [0, 0.05) is 0 Å². The number of carbonyl (C=O) groups is 2. The molecule has 0 aliphatic rings. The zero-order chi connectivity index (χ0) is 24.7. The van der Waals surface area contributed by atoms with Gasteiger partial charge in [0.1, 0.15) is 0 Å². The molecule has 0 aromatic heterocycles. The molecular weight excluding hydrogens is 543 g/mol. The molecule has 0 spiro atoms. The zero-order valence-corrected chi connectivity index (χ0v) is 23.3. The maximum absolute atomic E-state index is 13.6. The Morgan fingerprint density at radius 3 is 1.43 bits per heavy atom. The Morgan fingerprint density at radius 1 is 0.600 bits per heavy atom. The Morgan fingerprint density at radius 2 is 1.00 bits per heavy atom. The number of hydrogen-bond donors (Lipinski definition) is 0. The maximum atomic E-state index is 13.6. The standard InChI is InChI=1S/2C11H8O2.2C4H9.Sn/c2*12-11(13)10-7-3-5-8-4-1-2-6-9(8)10;2*1-3-4-2;/h2*1-7H,(H,12,13);2*1,3-4H2,2H3;/q;;;;+2/p-2. The minimum absolute atomic E-state index is 0.379. The molecule has 4 aromatic carbocycles. The van der Waals surface area contributed by atoms with Crippen molar-refractivity contribution in [3.63, 3.8) is 0 Å². The molecule has 0 saturated heterocycles. The average molecular weight is 575 g/mol. The van der Waals surface area contributed by atoms with Crippen molar-refractivity contribution >= 4 is 52.7 Å². The number of rotatable bonds is 10. The van der Waals surface area contributed by atoms with Crippen molar-refractivity contribution in [1.29, 1.82) is 0 Å². The normalized spacial score (nSPS) is 11.5. The molecule has 0 heterocycles. The summed E-state index contributed by atoms with van der Waals surface area (Å²) >= 11 is -4.16. The van der Waals surface area contributed by atoms with E-state index in [0.29, 0.717) is 20.0 Å². The van der Waals surface area contributed by atoms with Crippen molar-refractivity contribution in [2.45, 2.75) is 48.4 Å². The van der Waals surface area contributed by atoms with Crippen LogP contribution in [0.2, 0.25) is 8.87 Å². The Hall–Kier alpha value is -2.86. The topological polar surface area (TPSA) is 52.6 Å². The van der Waals surface area contributed by atoms with Crippen LogP contribution in [0.3, 0.4) is 0 Å². The number of hydrogen-bond acceptors (Lipinski definition) is 4. The molecule has 180 valence electrons. The van der Waals surface area contributed by atoms with Crippen LogP contribution in [-0.4, -0.2) is 31.1 Å². The van der Waals surface area contributed by atoms with Crippen molar-refractivity contribution in [3.8, 4) is 0 Å². The van der Waals surface area contributed by atoms with Gasteiger partial charge in [-0.15, -0.1) is 0 Å². The van der Waals surface area contributed by atoms with Crippen LogP contribution in [0.4, 0.5) is 0 Å². The first-order valence-electron chi connectivity index (χ1n) is 12.5. The first-order valence-corrected chi connectivity index (χ1v) is 18.9. The van der Waals surface area contributed by atoms with Crippen molar-refractivity contribution in [2.75, 3.05) is 0 Å². The van der Waals surface area contributed by atoms with Gasteiger partial charge in [-0.05, 0) is 0 Å². The third-order valence-electron chi connectivity index (χ3n) is 6.40. The van der Waals surface area contributed by atoms with E-state index in [9.17, 15) is 9.59 Å². The third-order valence-corrected chi connectivity index (χ3v) is 15.9.